The molecule has 0 spiro atoms. The van der Waals surface area contributed by atoms with Crippen molar-refractivity contribution < 1.29 is 17.5 Å². The SMILES string of the molecule is CCC1COCCN1S(=O)(=O)c1ccc(CNC)cc1F. The van der Waals surface area contributed by atoms with Crippen LogP contribution in [0.3, 0.4) is 0 Å². The van der Waals surface area contributed by atoms with E-state index in [1.54, 1.807) is 13.1 Å². The van der Waals surface area contributed by atoms with Crippen molar-refractivity contribution in [3.05, 3.63) is 29.6 Å². The van der Waals surface area contributed by atoms with Crippen molar-refractivity contribution in [3.8, 4) is 0 Å². The first kappa shape index (κ1) is 16.4. The van der Waals surface area contributed by atoms with Gasteiger partial charge in [-0.05, 0) is 31.2 Å². The molecule has 1 saturated heterocycles. The van der Waals surface area contributed by atoms with E-state index < -0.39 is 15.8 Å². The molecule has 1 aromatic carbocycles. The number of nitrogens with one attached hydrogen (secondary N) is 1. The Kier molecular flexibility index (Phi) is 5.32. The van der Waals surface area contributed by atoms with Gasteiger partial charge < -0.3 is 10.1 Å². The average Bonchev–Trinajstić information content (AvgIpc) is 2.47. The zero-order chi connectivity index (χ0) is 15.5. The molecule has 7 heteroatoms. The van der Waals surface area contributed by atoms with E-state index in [-0.39, 0.29) is 17.5 Å². The van der Waals surface area contributed by atoms with E-state index >= 15 is 0 Å². The molecule has 5 nitrogen and oxygen atoms in total. The number of halogens is 1. The standard InChI is InChI=1S/C14H21FN2O3S/c1-3-12-10-20-7-6-17(12)21(18,19)14-5-4-11(9-16-2)8-13(14)15/h4-5,8,12,16H,3,6-7,9-10H2,1-2H3. The maximum absolute atomic E-state index is 14.2. The summed E-state index contributed by atoms with van der Waals surface area (Å²) in [5.74, 6) is -0.705. The molecular weight excluding hydrogens is 295 g/mol. The van der Waals surface area contributed by atoms with Gasteiger partial charge in [0.15, 0.2) is 0 Å². The molecule has 0 aromatic heterocycles. The summed E-state index contributed by atoms with van der Waals surface area (Å²) in [7, 11) is -2.08. The summed E-state index contributed by atoms with van der Waals surface area (Å²) in [4.78, 5) is -0.261. The Morgan fingerprint density at radius 1 is 1.48 bits per heavy atom. The first-order chi connectivity index (χ1) is 10.0. The number of sulfonamides is 1. The maximum Gasteiger partial charge on any atom is 0.246 e. The van der Waals surface area contributed by atoms with Gasteiger partial charge in [0, 0.05) is 19.1 Å². The van der Waals surface area contributed by atoms with E-state index in [0.29, 0.717) is 31.7 Å². The zero-order valence-electron chi connectivity index (χ0n) is 12.3. The third-order valence-corrected chi connectivity index (χ3v) is 5.59. The van der Waals surface area contributed by atoms with Gasteiger partial charge in [-0.2, -0.15) is 4.31 Å². The minimum atomic E-state index is -3.83. The summed E-state index contributed by atoms with van der Waals surface area (Å²) in [6.07, 6.45) is 0.638. The number of morpholine rings is 1. The zero-order valence-corrected chi connectivity index (χ0v) is 13.1. The largest absolute Gasteiger partial charge is 0.378 e. The predicted molar refractivity (Wildman–Crippen MR) is 78.0 cm³/mol. The van der Waals surface area contributed by atoms with E-state index in [0.717, 1.165) is 0 Å². The number of hydrogen-bond donors (Lipinski definition) is 1. The Labute approximate surface area is 125 Å². The molecular formula is C14H21FN2O3S. The van der Waals surface area contributed by atoms with Crippen molar-refractivity contribution in [3.63, 3.8) is 0 Å². The van der Waals surface area contributed by atoms with Crippen molar-refractivity contribution >= 4 is 10.0 Å². The summed E-state index contributed by atoms with van der Waals surface area (Å²) in [6.45, 7) is 3.35. The fourth-order valence-corrected chi connectivity index (χ4v) is 4.19. The topological polar surface area (TPSA) is 58.6 Å². The van der Waals surface area contributed by atoms with E-state index in [9.17, 15) is 12.8 Å². The van der Waals surface area contributed by atoms with Crippen LogP contribution in [0.15, 0.2) is 23.1 Å². The van der Waals surface area contributed by atoms with Crippen LogP contribution >= 0.6 is 0 Å². The third kappa shape index (κ3) is 3.42. The smallest absolute Gasteiger partial charge is 0.246 e. The van der Waals surface area contributed by atoms with Crippen LogP contribution < -0.4 is 5.32 Å². The molecule has 1 fully saturated rings. The Balaban J connectivity index is 2.34. The first-order valence-electron chi connectivity index (χ1n) is 7.03. The highest BCUT2D eigenvalue weighted by molar-refractivity contribution is 7.89. The predicted octanol–water partition coefficient (Wildman–Crippen LogP) is 1.34. The van der Waals surface area contributed by atoms with Crippen LogP contribution in [-0.4, -0.2) is 45.6 Å². The summed E-state index contributed by atoms with van der Waals surface area (Å²) >= 11 is 0. The number of hydrogen-bond acceptors (Lipinski definition) is 4. The number of ether oxygens (including phenoxy) is 1. The van der Waals surface area contributed by atoms with Crippen molar-refractivity contribution in [2.45, 2.75) is 30.8 Å². The van der Waals surface area contributed by atoms with Gasteiger partial charge >= 0.3 is 0 Å². The lowest BCUT2D eigenvalue weighted by atomic mass is 10.2. The summed E-state index contributed by atoms with van der Waals surface area (Å²) in [6, 6.07) is 4.01. The Morgan fingerprint density at radius 2 is 2.24 bits per heavy atom. The van der Waals surface area contributed by atoms with Crippen LogP contribution in [0.1, 0.15) is 18.9 Å². The van der Waals surface area contributed by atoms with Gasteiger partial charge in [0.2, 0.25) is 10.0 Å². The normalized spacial score (nSPS) is 20.6. The molecule has 1 aliphatic rings. The van der Waals surface area contributed by atoms with Gasteiger partial charge in [-0.1, -0.05) is 13.0 Å². The van der Waals surface area contributed by atoms with Crippen molar-refractivity contribution in [2.75, 3.05) is 26.8 Å². The van der Waals surface area contributed by atoms with Gasteiger partial charge in [-0.3, -0.25) is 0 Å². The Morgan fingerprint density at radius 3 is 2.86 bits per heavy atom. The van der Waals surface area contributed by atoms with Gasteiger partial charge in [0.25, 0.3) is 0 Å². The molecule has 0 bridgehead atoms. The monoisotopic (exact) mass is 316 g/mol. The molecule has 2 rings (SSSR count). The minimum absolute atomic E-state index is 0.236. The minimum Gasteiger partial charge on any atom is -0.378 e. The summed E-state index contributed by atoms with van der Waals surface area (Å²) < 4.78 is 46.2. The second-order valence-electron chi connectivity index (χ2n) is 5.05. The summed E-state index contributed by atoms with van der Waals surface area (Å²) in [5.41, 5.74) is 0.711. The van der Waals surface area contributed by atoms with Gasteiger partial charge in [0.1, 0.15) is 10.7 Å². The van der Waals surface area contributed by atoms with Crippen molar-refractivity contribution in [1.29, 1.82) is 0 Å². The molecule has 0 radical (unpaired) electrons. The molecule has 1 unspecified atom stereocenters. The maximum atomic E-state index is 14.2. The second kappa shape index (κ2) is 6.83. The molecule has 0 amide bonds. The Hall–Kier alpha value is -1.02. The van der Waals surface area contributed by atoms with Gasteiger partial charge in [-0.25, -0.2) is 12.8 Å². The van der Waals surface area contributed by atoms with E-state index in [2.05, 4.69) is 5.32 Å². The highest BCUT2D eigenvalue weighted by Gasteiger charge is 2.34. The van der Waals surface area contributed by atoms with Crippen LogP contribution in [0.2, 0.25) is 0 Å². The van der Waals surface area contributed by atoms with Crippen molar-refractivity contribution in [1.82, 2.24) is 9.62 Å². The fraction of sp³-hybridized carbons (Fsp3) is 0.571. The molecule has 1 aliphatic heterocycles. The number of rotatable bonds is 5. The van der Waals surface area contributed by atoms with Crippen LogP contribution in [0.25, 0.3) is 0 Å². The van der Waals surface area contributed by atoms with Gasteiger partial charge in [-0.15, -0.1) is 0 Å². The molecule has 118 valence electrons. The van der Waals surface area contributed by atoms with Crippen LogP contribution in [-0.2, 0) is 21.3 Å². The Bertz CT molecular complexity index is 592. The van der Waals surface area contributed by atoms with E-state index in [4.69, 9.17) is 4.74 Å². The highest BCUT2D eigenvalue weighted by Crippen LogP contribution is 2.24. The van der Waals surface area contributed by atoms with Crippen molar-refractivity contribution in [2.24, 2.45) is 0 Å². The van der Waals surface area contributed by atoms with Gasteiger partial charge in [0.05, 0.1) is 13.2 Å². The number of nitrogens with zero attached hydrogens (tertiary/aromatic N) is 1. The fourth-order valence-electron chi connectivity index (χ4n) is 2.47. The second-order valence-corrected chi connectivity index (χ2v) is 6.91. The first-order valence-corrected chi connectivity index (χ1v) is 8.47. The molecule has 1 N–H and O–H groups in total. The molecule has 0 aliphatic carbocycles. The van der Waals surface area contributed by atoms with Crippen LogP contribution in [0.4, 0.5) is 4.39 Å². The molecule has 1 aromatic rings. The highest BCUT2D eigenvalue weighted by atomic mass is 32.2. The van der Waals surface area contributed by atoms with Crippen LogP contribution in [0, 0.1) is 5.82 Å². The third-order valence-electron chi connectivity index (χ3n) is 3.61. The van der Waals surface area contributed by atoms with E-state index in [1.807, 2.05) is 6.92 Å². The molecule has 1 atom stereocenters. The number of benzene rings is 1. The summed E-state index contributed by atoms with van der Waals surface area (Å²) in [5, 5.41) is 2.91. The lowest BCUT2D eigenvalue weighted by Gasteiger charge is -2.34. The quantitative estimate of drug-likeness (QED) is 0.891. The lowest BCUT2D eigenvalue weighted by Crippen LogP contribution is -2.48. The average molecular weight is 316 g/mol. The molecule has 0 saturated carbocycles. The van der Waals surface area contributed by atoms with Crippen LogP contribution in [0.5, 0.6) is 0 Å². The molecule has 1 heterocycles. The molecule has 21 heavy (non-hydrogen) atoms. The lowest BCUT2D eigenvalue weighted by molar-refractivity contribution is 0.0313. The van der Waals surface area contributed by atoms with E-state index in [1.165, 1.54) is 16.4 Å².